The highest BCUT2D eigenvalue weighted by molar-refractivity contribution is 5.82. The van der Waals surface area contributed by atoms with Crippen molar-refractivity contribution in [2.24, 2.45) is 11.7 Å². The number of amides is 2. The topological polar surface area (TPSA) is 95.7 Å². The number of aliphatic hydroxyl groups excluding tert-OH is 1. The molecule has 1 atom stereocenters. The summed E-state index contributed by atoms with van der Waals surface area (Å²) in [6.07, 6.45) is 3.57. The highest BCUT2D eigenvalue weighted by atomic mass is 16.3. The van der Waals surface area contributed by atoms with Crippen molar-refractivity contribution < 1.29 is 14.7 Å². The van der Waals surface area contributed by atoms with Gasteiger partial charge in [0.2, 0.25) is 11.8 Å². The van der Waals surface area contributed by atoms with E-state index in [1.54, 1.807) is 4.90 Å². The summed E-state index contributed by atoms with van der Waals surface area (Å²) in [5.74, 6) is 0.00883. The summed E-state index contributed by atoms with van der Waals surface area (Å²) in [7, 11) is 0. The van der Waals surface area contributed by atoms with E-state index in [1.807, 2.05) is 6.92 Å². The van der Waals surface area contributed by atoms with Gasteiger partial charge >= 0.3 is 0 Å². The maximum atomic E-state index is 12.0. The van der Waals surface area contributed by atoms with Crippen LogP contribution >= 0.6 is 0 Å². The Labute approximate surface area is 120 Å². The fourth-order valence-corrected chi connectivity index (χ4v) is 2.47. The molecule has 1 aliphatic rings. The van der Waals surface area contributed by atoms with Gasteiger partial charge in [0, 0.05) is 32.2 Å². The number of hydrogen-bond acceptors (Lipinski definition) is 4. The van der Waals surface area contributed by atoms with Crippen LogP contribution in [0.1, 0.15) is 39.0 Å². The molecule has 4 N–H and O–H groups in total. The van der Waals surface area contributed by atoms with Crippen LogP contribution in [0.15, 0.2) is 0 Å². The van der Waals surface area contributed by atoms with Gasteiger partial charge in [-0.15, -0.1) is 0 Å². The fourth-order valence-electron chi connectivity index (χ4n) is 2.47. The normalized spacial score (nSPS) is 17.9. The molecule has 0 saturated carbocycles. The monoisotopic (exact) mass is 285 g/mol. The second-order valence-electron chi connectivity index (χ2n) is 5.36. The van der Waals surface area contributed by atoms with Crippen molar-refractivity contribution in [3.8, 4) is 0 Å². The number of piperidine rings is 1. The van der Waals surface area contributed by atoms with Crippen molar-refractivity contribution in [3.63, 3.8) is 0 Å². The quantitative estimate of drug-likeness (QED) is 0.567. The van der Waals surface area contributed by atoms with E-state index in [2.05, 4.69) is 5.32 Å². The third kappa shape index (κ3) is 5.09. The molecule has 1 saturated heterocycles. The lowest BCUT2D eigenvalue weighted by Gasteiger charge is -2.33. The molecule has 0 aromatic carbocycles. The van der Waals surface area contributed by atoms with E-state index in [0.29, 0.717) is 45.3 Å². The number of rotatable bonds is 7. The summed E-state index contributed by atoms with van der Waals surface area (Å²) in [6.45, 7) is 3.82. The lowest BCUT2D eigenvalue weighted by Crippen LogP contribution is -2.48. The summed E-state index contributed by atoms with van der Waals surface area (Å²) < 4.78 is 0. The number of aliphatic hydroxyl groups is 1. The maximum absolute atomic E-state index is 12.0. The molecule has 6 heteroatoms. The van der Waals surface area contributed by atoms with Crippen LogP contribution in [0, 0.1) is 5.92 Å². The van der Waals surface area contributed by atoms with Crippen LogP contribution in [0.2, 0.25) is 0 Å². The van der Waals surface area contributed by atoms with Gasteiger partial charge in [0.05, 0.1) is 6.04 Å². The highest BCUT2D eigenvalue weighted by Gasteiger charge is 2.28. The zero-order chi connectivity index (χ0) is 15.0. The van der Waals surface area contributed by atoms with Crippen LogP contribution < -0.4 is 11.1 Å². The maximum Gasteiger partial charge on any atom is 0.239 e. The van der Waals surface area contributed by atoms with Crippen molar-refractivity contribution in [1.29, 1.82) is 0 Å². The van der Waals surface area contributed by atoms with Crippen LogP contribution in [0.5, 0.6) is 0 Å². The standard InChI is InChI=1S/C14H27N3O3/c1-2-4-12(15)14(20)17-8-5-11(6-9-17)13(19)16-7-3-10-18/h11-12,18H,2-10,15H2,1H3,(H,16,19)/t12-/m1/s1. The van der Waals surface area contributed by atoms with E-state index in [-0.39, 0.29) is 24.3 Å². The molecule has 0 aromatic rings. The van der Waals surface area contributed by atoms with Crippen molar-refractivity contribution >= 4 is 11.8 Å². The van der Waals surface area contributed by atoms with E-state index in [4.69, 9.17) is 10.8 Å². The molecule has 1 fully saturated rings. The SMILES string of the molecule is CCC[C@@H](N)C(=O)N1CCC(C(=O)NCCCO)CC1. The van der Waals surface area contributed by atoms with E-state index in [9.17, 15) is 9.59 Å². The summed E-state index contributed by atoms with van der Waals surface area (Å²) >= 11 is 0. The summed E-state index contributed by atoms with van der Waals surface area (Å²) in [5.41, 5.74) is 5.84. The second-order valence-corrected chi connectivity index (χ2v) is 5.36. The van der Waals surface area contributed by atoms with Crippen LogP contribution in [0.3, 0.4) is 0 Å². The molecule has 0 unspecified atom stereocenters. The minimum atomic E-state index is -0.407. The van der Waals surface area contributed by atoms with Crippen LogP contribution in [0.25, 0.3) is 0 Å². The van der Waals surface area contributed by atoms with Gasteiger partial charge in [-0.2, -0.15) is 0 Å². The molecule has 1 rings (SSSR count). The van der Waals surface area contributed by atoms with E-state index >= 15 is 0 Å². The largest absolute Gasteiger partial charge is 0.396 e. The first-order valence-corrected chi connectivity index (χ1v) is 7.53. The van der Waals surface area contributed by atoms with E-state index in [1.165, 1.54) is 0 Å². The number of nitrogens with one attached hydrogen (secondary N) is 1. The van der Waals surface area contributed by atoms with Gasteiger partial charge < -0.3 is 21.1 Å². The predicted molar refractivity (Wildman–Crippen MR) is 76.9 cm³/mol. The zero-order valence-corrected chi connectivity index (χ0v) is 12.3. The van der Waals surface area contributed by atoms with Gasteiger partial charge in [-0.05, 0) is 25.7 Å². The molecule has 1 aliphatic heterocycles. The number of likely N-dealkylation sites (tertiary alicyclic amines) is 1. The molecule has 0 spiro atoms. The Morgan fingerprint density at radius 2 is 2.05 bits per heavy atom. The minimum absolute atomic E-state index is 0.00555. The molecule has 0 radical (unpaired) electrons. The average Bonchev–Trinajstić information content (AvgIpc) is 2.47. The van der Waals surface area contributed by atoms with Crippen molar-refractivity contribution in [2.75, 3.05) is 26.2 Å². The van der Waals surface area contributed by atoms with Crippen molar-refractivity contribution in [1.82, 2.24) is 10.2 Å². The fraction of sp³-hybridized carbons (Fsp3) is 0.857. The molecule has 0 aliphatic carbocycles. The highest BCUT2D eigenvalue weighted by Crippen LogP contribution is 2.18. The molecule has 20 heavy (non-hydrogen) atoms. The lowest BCUT2D eigenvalue weighted by molar-refractivity contribution is -0.136. The van der Waals surface area contributed by atoms with Gasteiger partial charge in [-0.3, -0.25) is 9.59 Å². The second kappa shape index (κ2) is 8.92. The molecule has 6 nitrogen and oxygen atoms in total. The number of hydrogen-bond donors (Lipinski definition) is 3. The smallest absolute Gasteiger partial charge is 0.239 e. The van der Waals surface area contributed by atoms with Crippen LogP contribution in [-0.4, -0.2) is 54.1 Å². The number of carbonyl (C=O) groups excluding carboxylic acids is 2. The average molecular weight is 285 g/mol. The van der Waals surface area contributed by atoms with Crippen molar-refractivity contribution in [2.45, 2.75) is 45.1 Å². The van der Waals surface area contributed by atoms with Gasteiger partial charge in [0.1, 0.15) is 0 Å². The lowest BCUT2D eigenvalue weighted by atomic mass is 9.95. The minimum Gasteiger partial charge on any atom is -0.396 e. The Bertz CT molecular complexity index is 315. The molecular formula is C14H27N3O3. The molecule has 0 aromatic heterocycles. The van der Waals surface area contributed by atoms with E-state index in [0.717, 1.165) is 6.42 Å². The Hall–Kier alpha value is -1.14. The van der Waals surface area contributed by atoms with Gasteiger partial charge in [-0.25, -0.2) is 0 Å². The Kier molecular flexibility index (Phi) is 7.54. The molecule has 0 bridgehead atoms. The number of carbonyl (C=O) groups is 2. The third-order valence-electron chi connectivity index (χ3n) is 3.73. The van der Waals surface area contributed by atoms with E-state index < -0.39 is 6.04 Å². The first-order chi connectivity index (χ1) is 9.60. The Balaban J connectivity index is 2.32. The third-order valence-corrected chi connectivity index (χ3v) is 3.73. The molecule has 2 amide bonds. The van der Waals surface area contributed by atoms with Gasteiger partial charge in [-0.1, -0.05) is 13.3 Å². The van der Waals surface area contributed by atoms with Crippen LogP contribution in [0.4, 0.5) is 0 Å². The molecular weight excluding hydrogens is 258 g/mol. The number of nitrogens with two attached hydrogens (primary N) is 1. The number of nitrogens with zero attached hydrogens (tertiary/aromatic N) is 1. The Morgan fingerprint density at radius 3 is 2.60 bits per heavy atom. The summed E-state index contributed by atoms with van der Waals surface area (Å²) in [4.78, 5) is 25.7. The van der Waals surface area contributed by atoms with Gasteiger partial charge in [0.25, 0.3) is 0 Å². The Morgan fingerprint density at radius 1 is 1.40 bits per heavy atom. The summed E-state index contributed by atoms with van der Waals surface area (Å²) in [6, 6.07) is -0.407. The molecule has 116 valence electrons. The predicted octanol–water partition coefficient (Wildman–Crippen LogP) is -0.149. The molecule has 1 heterocycles. The van der Waals surface area contributed by atoms with Crippen molar-refractivity contribution in [3.05, 3.63) is 0 Å². The van der Waals surface area contributed by atoms with Gasteiger partial charge in [0.15, 0.2) is 0 Å². The summed E-state index contributed by atoms with van der Waals surface area (Å²) in [5, 5.41) is 11.5. The first kappa shape index (κ1) is 16.9. The zero-order valence-electron chi connectivity index (χ0n) is 12.3. The van der Waals surface area contributed by atoms with Crippen LogP contribution in [-0.2, 0) is 9.59 Å². The first-order valence-electron chi connectivity index (χ1n) is 7.53.